The minimum Gasteiger partial charge on any atom is -0.278 e. The first-order valence-corrected chi connectivity index (χ1v) is 12.3. The van der Waals surface area contributed by atoms with E-state index in [1.165, 1.54) is 54.6 Å². The number of carbonyl (C=O) groups excluding carboxylic acids is 1. The average molecular weight is 500 g/mol. The first-order chi connectivity index (χ1) is 14.6. The van der Waals surface area contributed by atoms with Crippen molar-refractivity contribution in [3.05, 3.63) is 88.4 Å². The van der Waals surface area contributed by atoms with Gasteiger partial charge in [0.1, 0.15) is 0 Å². The van der Waals surface area contributed by atoms with E-state index in [0.717, 1.165) is 6.07 Å². The third kappa shape index (κ3) is 5.75. The molecule has 3 rings (SSSR count). The van der Waals surface area contributed by atoms with E-state index in [9.17, 15) is 21.6 Å². The average Bonchev–Trinajstić information content (AvgIpc) is 2.74. The molecule has 0 atom stereocenters. The van der Waals surface area contributed by atoms with Gasteiger partial charge in [-0.05, 0) is 54.6 Å². The van der Waals surface area contributed by atoms with E-state index in [1.54, 1.807) is 12.1 Å². The monoisotopic (exact) mass is 499 g/mol. The Labute approximate surface area is 189 Å². The number of rotatable bonds is 7. The van der Waals surface area contributed by atoms with Crippen molar-refractivity contribution in [2.24, 2.45) is 0 Å². The topological polar surface area (TPSA) is 121 Å². The minimum atomic E-state index is -4.05. The largest absolute Gasteiger partial charge is 0.278 e. The summed E-state index contributed by atoms with van der Waals surface area (Å²) in [6.07, 6.45) is 0. The molecule has 3 aromatic rings. The van der Waals surface area contributed by atoms with Crippen LogP contribution in [-0.4, -0.2) is 22.7 Å². The predicted octanol–water partition coefficient (Wildman–Crippen LogP) is 3.42. The number of hydrogen-bond donors (Lipinski definition) is 3. The van der Waals surface area contributed by atoms with Crippen LogP contribution in [0.4, 0.5) is 5.69 Å². The van der Waals surface area contributed by atoms with Gasteiger partial charge in [0.25, 0.3) is 26.0 Å². The van der Waals surface area contributed by atoms with E-state index < -0.39 is 26.0 Å². The zero-order valence-electron chi connectivity index (χ0n) is 15.5. The maximum atomic E-state index is 12.6. The lowest BCUT2D eigenvalue weighted by molar-refractivity contribution is 0.0945. The standard InChI is InChI=1S/C19H15Cl2N3O5S2/c20-14-8-10-15(11-9-14)31(28,29)24-22-19(25)13-4-3-5-16(12-13)30(26,27)23-18-7-2-1-6-17(18)21/h1-12,23-24H,(H,22,25). The molecule has 0 aliphatic carbocycles. The zero-order chi connectivity index (χ0) is 22.6. The number of sulfonamides is 2. The second kappa shape index (κ2) is 9.25. The molecule has 3 N–H and O–H groups in total. The number of amides is 1. The SMILES string of the molecule is O=C(NNS(=O)(=O)c1ccc(Cl)cc1)c1cccc(S(=O)(=O)Nc2ccccc2Cl)c1. The Morgan fingerprint density at radius 3 is 2.10 bits per heavy atom. The van der Waals surface area contributed by atoms with Crippen LogP contribution in [0.1, 0.15) is 10.4 Å². The molecule has 31 heavy (non-hydrogen) atoms. The molecular formula is C19H15Cl2N3O5S2. The molecule has 0 aromatic heterocycles. The third-order valence-corrected chi connectivity index (χ3v) is 7.16. The van der Waals surface area contributed by atoms with Crippen molar-refractivity contribution < 1.29 is 21.6 Å². The number of halogens is 2. The third-order valence-electron chi connectivity index (χ3n) is 3.95. The summed E-state index contributed by atoms with van der Waals surface area (Å²) in [6.45, 7) is 0. The lowest BCUT2D eigenvalue weighted by Gasteiger charge is -2.11. The number of hydrogen-bond acceptors (Lipinski definition) is 5. The highest BCUT2D eigenvalue weighted by Crippen LogP contribution is 2.24. The van der Waals surface area contributed by atoms with Gasteiger partial charge in [-0.2, -0.15) is 0 Å². The van der Waals surface area contributed by atoms with E-state index in [1.807, 2.05) is 10.3 Å². The van der Waals surface area contributed by atoms with Crippen molar-refractivity contribution in [3.8, 4) is 0 Å². The van der Waals surface area contributed by atoms with Gasteiger partial charge in [-0.1, -0.05) is 41.4 Å². The normalized spacial score (nSPS) is 11.7. The van der Waals surface area contributed by atoms with Crippen LogP contribution in [0.2, 0.25) is 10.0 Å². The van der Waals surface area contributed by atoms with Crippen molar-refractivity contribution in [2.45, 2.75) is 9.79 Å². The highest BCUT2D eigenvalue weighted by atomic mass is 35.5. The molecule has 0 fully saturated rings. The molecule has 12 heteroatoms. The van der Waals surface area contributed by atoms with Gasteiger partial charge in [0.15, 0.2) is 0 Å². The zero-order valence-corrected chi connectivity index (χ0v) is 18.7. The first-order valence-electron chi connectivity index (χ1n) is 8.54. The second-order valence-electron chi connectivity index (χ2n) is 6.13. The number of hydrazine groups is 1. The molecule has 0 aliphatic heterocycles. The molecular weight excluding hydrogens is 485 g/mol. The molecule has 0 bridgehead atoms. The fourth-order valence-corrected chi connectivity index (χ4v) is 4.74. The Morgan fingerprint density at radius 1 is 0.742 bits per heavy atom. The fraction of sp³-hybridized carbons (Fsp3) is 0. The Bertz CT molecular complexity index is 1330. The van der Waals surface area contributed by atoms with Crippen LogP contribution in [0.25, 0.3) is 0 Å². The highest BCUT2D eigenvalue weighted by molar-refractivity contribution is 7.92. The van der Waals surface area contributed by atoms with Crippen LogP contribution in [-0.2, 0) is 20.0 Å². The quantitative estimate of drug-likeness (QED) is 0.430. The van der Waals surface area contributed by atoms with Gasteiger partial charge >= 0.3 is 0 Å². The van der Waals surface area contributed by atoms with Crippen molar-refractivity contribution >= 4 is 54.8 Å². The van der Waals surface area contributed by atoms with Gasteiger partial charge in [0, 0.05) is 10.6 Å². The molecule has 162 valence electrons. The number of nitrogens with one attached hydrogen (secondary N) is 3. The summed E-state index contributed by atoms with van der Waals surface area (Å²) >= 11 is 11.7. The molecule has 0 spiro atoms. The Morgan fingerprint density at radius 2 is 1.42 bits per heavy atom. The molecule has 8 nitrogen and oxygen atoms in total. The van der Waals surface area contributed by atoms with Crippen molar-refractivity contribution in [1.82, 2.24) is 10.3 Å². The van der Waals surface area contributed by atoms with Gasteiger partial charge in [-0.15, -0.1) is 4.83 Å². The number of anilines is 1. The Hall–Kier alpha value is -2.63. The van der Waals surface area contributed by atoms with E-state index in [-0.39, 0.29) is 26.1 Å². The molecule has 3 aromatic carbocycles. The van der Waals surface area contributed by atoms with Crippen LogP contribution in [0, 0.1) is 0 Å². The molecule has 0 radical (unpaired) electrons. The molecule has 0 unspecified atom stereocenters. The van der Waals surface area contributed by atoms with E-state index >= 15 is 0 Å². The number of carbonyl (C=O) groups is 1. The van der Waals surface area contributed by atoms with Gasteiger partial charge < -0.3 is 0 Å². The van der Waals surface area contributed by atoms with Gasteiger partial charge in [-0.3, -0.25) is 14.9 Å². The summed E-state index contributed by atoms with van der Waals surface area (Å²) in [5, 5.41) is 0.558. The van der Waals surface area contributed by atoms with Gasteiger partial charge in [0.2, 0.25) is 0 Å². The van der Waals surface area contributed by atoms with Crippen LogP contribution < -0.4 is 15.0 Å². The summed E-state index contributed by atoms with van der Waals surface area (Å²) in [6, 6.07) is 16.7. The van der Waals surface area contributed by atoms with Crippen LogP contribution in [0.15, 0.2) is 82.6 Å². The summed E-state index contributed by atoms with van der Waals surface area (Å²) in [7, 11) is -8.10. The highest BCUT2D eigenvalue weighted by Gasteiger charge is 2.19. The van der Waals surface area contributed by atoms with Crippen molar-refractivity contribution in [2.75, 3.05) is 4.72 Å². The van der Waals surface area contributed by atoms with E-state index in [0.29, 0.717) is 5.02 Å². The maximum absolute atomic E-state index is 12.6. The maximum Gasteiger partial charge on any atom is 0.266 e. The fourth-order valence-electron chi connectivity index (χ4n) is 2.41. The predicted molar refractivity (Wildman–Crippen MR) is 118 cm³/mol. The van der Waals surface area contributed by atoms with Crippen molar-refractivity contribution in [1.29, 1.82) is 0 Å². The van der Waals surface area contributed by atoms with E-state index in [2.05, 4.69) is 4.72 Å². The molecule has 1 amide bonds. The van der Waals surface area contributed by atoms with Gasteiger partial charge in [-0.25, -0.2) is 16.8 Å². The summed E-state index contributed by atoms with van der Waals surface area (Å²) < 4.78 is 52.1. The summed E-state index contributed by atoms with van der Waals surface area (Å²) in [4.78, 5) is 14.0. The smallest absolute Gasteiger partial charge is 0.266 e. The number of para-hydroxylation sites is 1. The minimum absolute atomic E-state index is 0.0826. The molecule has 0 saturated carbocycles. The molecule has 0 saturated heterocycles. The first kappa shape index (κ1) is 23.0. The molecule has 0 heterocycles. The lowest BCUT2D eigenvalue weighted by atomic mass is 10.2. The summed E-state index contributed by atoms with van der Waals surface area (Å²) in [5.74, 6) is -0.854. The van der Waals surface area contributed by atoms with Crippen LogP contribution >= 0.6 is 23.2 Å². The lowest BCUT2D eigenvalue weighted by Crippen LogP contribution is -2.41. The Balaban J connectivity index is 1.75. The number of benzene rings is 3. The van der Waals surface area contributed by atoms with Crippen molar-refractivity contribution in [3.63, 3.8) is 0 Å². The molecule has 0 aliphatic rings. The summed E-state index contributed by atoms with van der Waals surface area (Å²) in [5.41, 5.74) is 2.14. The van der Waals surface area contributed by atoms with E-state index in [4.69, 9.17) is 23.2 Å². The second-order valence-corrected chi connectivity index (χ2v) is 10.3. The van der Waals surface area contributed by atoms with Crippen LogP contribution in [0.3, 0.4) is 0 Å². The van der Waals surface area contributed by atoms with Crippen LogP contribution in [0.5, 0.6) is 0 Å². The van der Waals surface area contributed by atoms with Gasteiger partial charge in [0.05, 0.1) is 20.5 Å². The Kier molecular flexibility index (Phi) is 6.87.